The van der Waals surface area contributed by atoms with E-state index in [-0.39, 0.29) is 10.6 Å². The van der Waals surface area contributed by atoms with Crippen molar-refractivity contribution in [3.63, 3.8) is 0 Å². The van der Waals surface area contributed by atoms with Crippen LogP contribution in [0.1, 0.15) is 38.1 Å². The van der Waals surface area contributed by atoms with E-state index in [2.05, 4.69) is 33.9 Å². The topological polar surface area (TPSA) is 72.7 Å². The molecule has 6 nitrogen and oxygen atoms in total. The number of rotatable bonds is 7. The normalized spacial score (nSPS) is 12.1. The minimum Gasteiger partial charge on any atom is -0.415 e. The highest BCUT2D eigenvalue weighted by molar-refractivity contribution is 6.74. The summed E-state index contributed by atoms with van der Waals surface area (Å²) in [5.74, 6) is -1.66. The van der Waals surface area contributed by atoms with Gasteiger partial charge in [-0.2, -0.15) is 4.39 Å². The van der Waals surface area contributed by atoms with Gasteiger partial charge in [-0.25, -0.2) is 0 Å². The smallest absolute Gasteiger partial charge is 0.305 e. The van der Waals surface area contributed by atoms with Gasteiger partial charge in [-0.1, -0.05) is 26.8 Å². The van der Waals surface area contributed by atoms with Gasteiger partial charge in [0.1, 0.15) is 0 Å². The molecule has 1 aromatic rings. The molecule has 0 saturated heterocycles. The third kappa shape index (κ3) is 5.09. The molecule has 0 atom stereocenters. The second-order valence-electron chi connectivity index (χ2n) is 7.39. The van der Waals surface area contributed by atoms with Crippen LogP contribution in [0.5, 0.6) is 0 Å². The highest BCUT2D eigenvalue weighted by Crippen LogP contribution is 2.36. The average Bonchev–Trinajstić information content (AvgIpc) is 2.49. The summed E-state index contributed by atoms with van der Waals surface area (Å²) < 4.78 is 20.3. The Bertz CT molecular complexity index is 644. The predicted octanol–water partition coefficient (Wildman–Crippen LogP) is 4.22. The largest absolute Gasteiger partial charge is 0.415 e. The van der Waals surface area contributed by atoms with Crippen molar-refractivity contribution in [2.75, 3.05) is 19.7 Å². The van der Waals surface area contributed by atoms with E-state index in [1.165, 1.54) is 17.0 Å². The third-order valence-electron chi connectivity index (χ3n) is 4.70. The van der Waals surface area contributed by atoms with Crippen molar-refractivity contribution >= 4 is 19.9 Å². The third-order valence-corrected chi connectivity index (χ3v) is 9.24. The molecule has 1 rings (SSSR count). The van der Waals surface area contributed by atoms with Gasteiger partial charge in [0.2, 0.25) is 5.82 Å². The van der Waals surface area contributed by atoms with Crippen molar-refractivity contribution in [2.45, 2.75) is 45.8 Å². The molecule has 0 spiro atoms. The number of nitro groups is 1. The van der Waals surface area contributed by atoms with Crippen molar-refractivity contribution in [1.82, 2.24) is 4.90 Å². The summed E-state index contributed by atoms with van der Waals surface area (Å²) in [5, 5.41) is 10.9. The van der Waals surface area contributed by atoms with Gasteiger partial charge in [0, 0.05) is 19.2 Å². The molecule has 0 unspecified atom stereocenters. The summed E-state index contributed by atoms with van der Waals surface area (Å²) in [6.45, 7) is 13.4. The SMILES string of the molecule is CCN(CCO[Si](C)(C)C(C)(C)C)C(=O)c1cccc([N+](=O)[O-])c1F. The molecule has 0 aliphatic rings. The monoisotopic (exact) mass is 370 g/mol. The molecule has 1 aromatic carbocycles. The Labute approximate surface area is 149 Å². The second-order valence-corrected chi connectivity index (χ2v) is 12.2. The second kappa shape index (κ2) is 8.05. The molecule has 0 aliphatic heterocycles. The van der Waals surface area contributed by atoms with Gasteiger partial charge in [-0.3, -0.25) is 14.9 Å². The minimum atomic E-state index is -1.93. The summed E-state index contributed by atoms with van der Waals surface area (Å²) in [7, 11) is -1.93. The van der Waals surface area contributed by atoms with E-state index in [9.17, 15) is 19.3 Å². The van der Waals surface area contributed by atoms with Crippen LogP contribution in [0.4, 0.5) is 10.1 Å². The molecule has 0 aliphatic carbocycles. The fraction of sp³-hybridized carbons (Fsp3) is 0.588. The van der Waals surface area contributed by atoms with E-state index in [1.54, 1.807) is 6.92 Å². The lowest BCUT2D eigenvalue weighted by Gasteiger charge is -2.36. The summed E-state index contributed by atoms with van der Waals surface area (Å²) in [4.78, 5) is 24.0. The minimum absolute atomic E-state index is 0.0558. The molecule has 140 valence electrons. The molecule has 0 radical (unpaired) electrons. The Kier molecular flexibility index (Phi) is 6.84. The molecule has 0 fully saturated rings. The number of carbonyl (C=O) groups excluding carboxylic acids is 1. The van der Waals surface area contributed by atoms with Gasteiger partial charge >= 0.3 is 5.69 Å². The lowest BCUT2D eigenvalue weighted by Crippen LogP contribution is -2.43. The number of benzene rings is 1. The lowest BCUT2D eigenvalue weighted by atomic mass is 10.1. The molecule has 8 heteroatoms. The number of nitrogens with zero attached hydrogens (tertiary/aromatic N) is 2. The van der Waals surface area contributed by atoms with Crippen molar-refractivity contribution in [2.24, 2.45) is 0 Å². The summed E-state index contributed by atoms with van der Waals surface area (Å²) in [6.07, 6.45) is 0. The van der Waals surface area contributed by atoms with Crippen LogP contribution in [-0.2, 0) is 4.43 Å². The Hall–Kier alpha value is -1.80. The Balaban J connectivity index is 2.86. The maximum atomic E-state index is 14.2. The Morgan fingerprint density at radius 3 is 2.44 bits per heavy atom. The summed E-state index contributed by atoms with van der Waals surface area (Å²) >= 11 is 0. The van der Waals surface area contributed by atoms with Crippen LogP contribution in [-0.4, -0.2) is 43.7 Å². The van der Waals surface area contributed by atoms with Crippen LogP contribution in [0.25, 0.3) is 0 Å². The molecule has 0 bridgehead atoms. The molecule has 0 N–H and O–H groups in total. The highest BCUT2D eigenvalue weighted by Gasteiger charge is 2.37. The standard InChI is InChI=1S/C17H27FN2O4Si/c1-7-19(11-12-24-25(5,6)17(2,3)4)16(21)13-9-8-10-14(15(13)18)20(22)23/h8-10H,7,11-12H2,1-6H3. The first-order valence-electron chi connectivity index (χ1n) is 8.28. The first kappa shape index (κ1) is 21.2. The van der Waals surface area contributed by atoms with Crippen LogP contribution in [0, 0.1) is 15.9 Å². The predicted molar refractivity (Wildman–Crippen MR) is 97.8 cm³/mol. The summed E-state index contributed by atoms with van der Waals surface area (Å²) in [5.41, 5.74) is -0.984. The molecular weight excluding hydrogens is 343 g/mol. The number of amides is 1. The zero-order chi connectivity index (χ0) is 19.4. The summed E-state index contributed by atoms with van der Waals surface area (Å²) in [6, 6.07) is 3.62. The average molecular weight is 370 g/mol. The number of hydrogen-bond donors (Lipinski definition) is 0. The van der Waals surface area contributed by atoms with Crippen molar-refractivity contribution < 1.29 is 18.5 Å². The van der Waals surface area contributed by atoms with E-state index >= 15 is 0 Å². The zero-order valence-electron chi connectivity index (χ0n) is 15.8. The van der Waals surface area contributed by atoms with E-state index in [0.29, 0.717) is 19.7 Å². The Morgan fingerprint density at radius 1 is 1.36 bits per heavy atom. The fourth-order valence-corrected chi connectivity index (χ4v) is 3.06. The van der Waals surface area contributed by atoms with E-state index in [4.69, 9.17) is 4.43 Å². The van der Waals surface area contributed by atoms with Gasteiger partial charge in [0.15, 0.2) is 8.32 Å². The van der Waals surface area contributed by atoms with E-state index < -0.39 is 30.7 Å². The van der Waals surface area contributed by atoms with Gasteiger partial charge in [-0.15, -0.1) is 0 Å². The molecule has 1 amide bonds. The van der Waals surface area contributed by atoms with Gasteiger partial charge in [0.05, 0.1) is 17.1 Å². The van der Waals surface area contributed by atoms with Crippen LogP contribution in [0.2, 0.25) is 18.1 Å². The quantitative estimate of drug-likeness (QED) is 0.409. The maximum absolute atomic E-state index is 14.2. The lowest BCUT2D eigenvalue weighted by molar-refractivity contribution is -0.387. The molecule has 0 saturated carbocycles. The van der Waals surface area contributed by atoms with Gasteiger partial charge < -0.3 is 9.33 Å². The number of nitro benzene ring substituents is 1. The number of carbonyl (C=O) groups is 1. The molecular formula is C17H27FN2O4Si. The maximum Gasteiger partial charge on any atom is 0.305 e. The first-order chi connectivity index (χ1) is 11.4. The van der Waals surface area contributed by atoms with E-state index in [1.807, 2.05) is 0 Å². The highest BCUT2D eigenvalue weighted by atomic mass is 28.4. The zero-order valence-corrected chi connectivity index (χ0v) is 16.8. The van der Waals surface area contributed by atoms with Crippen molar-refractivity contribution in [3.05, 3.63) is 39.7 Å². The first-order valence-corrected chi connectivity index (χ1v) is 11.2. The van der Waals surface area contributed by atoms with Crippen LogP contribution in [0.3, 0.4) is 0 Å². The van der Waals surface area contributed by atoms with Crippen molar-refractivity contribution in [1.29, 1.82) is 0 Å². The van der Waals surface area contributed by atoms with Crippen LogP contribution >= 0.6 is 0 Å². The van der Waals surface area contributed by atoms with E-state index in [0.717, 1.165) is 6.07 Å². The number of likely N-dealkylation sites (N-methyl/N-ethyl adjacent to an activating group) is 1. The number of hydrogen-bond acceptors (Lipinski definition) is 4. The molecule has 25 heavy (non-hydrogen) atoms. The van der Waals surface area contributed by atoms with Crippen LogP contribution < -0.4 is 0 Å². The van der Waals surface area contributed by atoms with Gasteiger partial charge in [-0.05, 0) is 31.1 Å². The molecule has 0 heterocycles. The van der Waals surface area contributed by atoms with Gasteiger partial charge in [0.25, 0.3) is 5.91 Å². The Morgan fingerprint density at radius 2 is 1.96 bits per heavy atom. The van der Waals surface area contributed by atoms with Crippen molar-refractivity contribution in [3.8, 4) is 0 Å². The fourth-order valence-electron chi connectivity index (χ4n) is 2.03. The van der Waals surface area contributed by atoms with Crippen LogP contribution in [0.15, 0.2) is 18.2 Å². The molecule has 0 aromatic heterocycles. The number of halogens is 1.